The highest BCUT2D eigenvalue weighted by atomic mass is 16.7. The molecule has 0 spiro atoms. The van der Waals surface area contributed by atoms with Crippen molar-refractivity contribution in [2.24, 2.45) is 50.2 Å². The molecule has 2 heterocycles. The maximum Gasteiger partial charge on any atom is 0.312 e. The molecule has 7 rings (SSSR count). The van der Waals surface area contributed by atoms with E-state index in [9.17, 15) is 45.6 Å². The van der Waals surface area contributed by atoms with Gasteiger partial charge in [0.2, 0.25) is 0 Å². The number of carboxylic acids is 1. The Hall–Kier alpha value is -1.23. The van der Waals surface area contributed by atoms with Gasteiger partial charge < -0.3 is 59.8 Å². The van der Waals surface area contributed by atoms with Crippen LogP contribution in [0.3, 0.4) is 0 Å². The van der Waals surface area contributed by atoms with E-state index in [2.05, 4.69) is 54.5 Å². The molecular formula is C41H66O13. The van der Waals surface area contributed by atoms with Crippen LogP contribution in [-0.4, -0.2) is 128 Å². The molecule has 8 N–H and O–H groups in total. The third-order valence-corrected chi connectivity index (χ3v) is 16.9. The van der Waals surface area contributed by atoms with Gasteiger partial charge >= 0.3 is 5.97 Å². The van der Waals surface area contributed by atoms with Crippen LogP contribution in [0.5, 0.6) is 0 Å². The fourth-order valence-corrected chi connectivity index (χ4v) is 13.4. The predicted octanol–water partition coefficient (Wildman–Crippen LogP) is 2.49. The first-order valence-corrected chi connectivity index (χ1v) is 20.3. The molecule has 4 saturated carbocycles. The molecule has 308 valence electrons. The van der Waals surface area contributed by atoms with Gasteiger partial charge in [-0.15, -0.1) is 0 Å². The van der Waals surface area contributed by atoms with E-state index in [1.54, 1.807) is 0 Å². The van der Waals surface area contributed by atoms with Gasteiger partial charge in [0.15, 0.2) is 12.6 Å². The molecule has 0 amide bonds. The van der Waals surface area contributed by atoms with E-state index in [0.717, 1.165) is 38.5 Å². The summed E-state index contributed by atoms with van der Waals surface area (Å²) in [6.07, 6.45) is -4.94. The Kier molecular flexibility index (Phi) is 10.4. The Bertz CT molecular complexity index is 1470. The summed E-state index contributed by atoms with van der Waals surface area (Å²) >= 11 is 0. The number of ether oxygens (including phenoxy) is 4. The minimum absolute atomic E-state index is 0.0105. The van der Waals surface area contributed by atoms with E-state index in [1.807, 2.05) is 0 Å². The average molecular weight is 767 g/mol. The Morgan fingerprint density at radius 2 is 1.48 bits per heavy atom. The maximum atomic E-state index is 13.1. The molecule has 0 aromatic carbocycles. The summed E-state index contributed by atoms with van der Waals surface area (Å²) in [5, 5.41) is 85.4. The first kappa shape index (κ1) is 40.9. The molecule has 0 aromatic heterocycles. The van der Waals surface area contributed by atoms with E-state index in [1.165, 1.54) is 5.57 Å². The fraction of sp³-hybridized carbons (Fsp3) is 0.927. The standard InChI is InChI=1S/C41H66O13/c1-36(2)14-15-41(35(49)50)21(16-36)20-8-9-25-38(5)12-11-27(37(3,4)24(38)10-13-39(25,6)40(20,7)17-26(41)43)54-34-32(48)30(46)29(45)23(53-34)19-52-33-31(47)28(44)22(42)18-51-33/h8,21-34,42-48H,9-19H2,1-7H3,(H,49,50)/t21-,22+,23+,24-,25+,26+,27-,28?,29+,30-,31-,32+,33+,34-,38-,39+,40+,41+/m0/s1. The number of carbonyl (C=O) groups is 1. The quantitative estimate of drug-likeness (QED) is 0.144. The highest BCUT2D eigenvalue weighted by Crippen LogP contribution is 2.76. The Balaban J connectivity index is 1.10. The van der Waals surface area contributed by atoms with Crippen LogP contribution in [0.4, 0.5) is 0 Å². The van der Waals surface area contributed by atoms with Crippen LogP contribution in [-0.2, 0) is 23.7 Å². The van der Waals surface area contributed by atoms with Crippen LogP contribution in [0, 0.1) is 50.2 Å². The third-order valence-electron chi connectivity index (χ3n) is 16.9. The highest BCUT2D eigenvalue weighted by Gasteiger charge is 2.71. The zero-order valence-electron chi connectivity index (χ0n) is 33.1. The maximum absolute atomic E-state index is 13.1. The second kappa shape index (κ2) is 13.7. The summed E-state index contributed by atoms with van der Waals surface area (Å²) in [5.74, 6) is -0.568. The third kappa shape index (κ3) is 5.92. The zero-order chi connectivity index (χ0) is 39.6. The van der Waals surface area contributed by atoms with Gasteiger partial charge in [0.1, 0.15) is 48.1 Å². The minimum atomic E-state index is -1.60. The number of aliphatic carboxylic acids is 1. The predicted molar refractivity (Wildman–Crippen MR) is 193 cm³/mol. The molecule has 5 aliphatic carbocycles. The van der Waals surface area contributed by atoms with Gasteiger partial charge in [-0.05, 0) is 103 Å². The number of aliphatic hydroxyl groups excluding tert-OH is 7. The zero-order valence-corrected chi connectivity index (χ0v) is 33.1. The van der Waals surface area contributed by atoms with Crippen LogP contribution in [0.2, 0.25) is 0 Å². The Labute approximate surface area is 319 Å². The number of hydrogen-bond donors (Lipinski definition) is 8. The van der Waals surface area contributed by atoms with Crippen molar-refractivity contribution >= 4 is 5.97 Å². The van der Waals surface area contributed by atoms with Crippen molar-refractivity contribution in [3.05, 3.63) is 11.6 Å². The van der Waals surface area contributed by atoms with Gasteiger partial charge in [0.25, 0.3) is 0 Å². The molecule has 0 bridgehead atoms. The van der Waals surface area contributed by atoms with Crippen molar-refractivity contribution in [3.8, 4) is 0 Å². The van der Waals surface area contributed by atoms with E-state index in [-0.39, 0.29) is 64.1 Å². The van der Waals surface area contributed by atoms with Crippen molar-refractivity contribution < 1.29 is 64.6 Å². The molecule has 13 nitrogen and oxygen atoms in total. The lowest BCUT2D eigenvalue weighted by atomic mass is 9.33. The van der Waals surface area contributed by atoms with Crippen LogP contribution in [0.25, 0.3) is 0 Å². The largest absolute Gasteiger partial charge is 0.481 e. The Morgan fingerprint density at radius 3 is 2.17 bits per heavy atom. The fourth-order valence-electron chi connectivity index (χ4n) is 13.4. The molecule has 7 aliphatic rings. The number of aliphatic hydroxyl groups is 7. The number of hydrogen-bond acceptors (Lipinski definition) is 12. The van der Waals surface area contributed by atoms with Crippen LogP contribution >= 0.6 is 0 Å². The van der Waals surface area contributed by atoms with Crippen molar-refractivity contribution in [1.82, 2.24) is 0 Å². The van der Waals surface area contributed by atoms with Crippen molar-refractivity contribution in [2.45, 2.75) is 174 Å². The second-order valence-corrected chi connectivity index (χ2v) is 20.4. The molecular weight excluding hydrogens is 700 g/mol. The normalized spacial score (nSPS) is 53.9. The minimum Gasteiger partial charge on any atom is -0.481 e. The monoisotopic (exact) mass is 766 g/mol. The lowest BCUT2D eigenvalue weighted by molar-refractivity contribution is -0.340. The molecule has 2 saturated heterocycles. The highest BCUT2D eigenvalue weighted by molar-refractivity contribution is 5.77. The summed E-state index contributed by atoms with van der Waals surface area (Å²) in [6, 6.07) is 0. The SMILES string of the molecule is CC1(C)CC[C@]2(C(=O)O)[C@H](O)C[C@]3(C)C(=CC[C@@H]4[C@@]5(C)CC[C@H](O[C@@H]6O[C@H](CO[C@H]7OC[C@@H](O)C(O)[C@@H]7O)[C@@H](O)[C@H](O)[C@H]6O)C(C)(C)[C@@H]5CC[C@]43C)[C@@H]2C1. The topological polar surface area (TPSA) is 216 Å². The number of fused-ring (bicyclic) bond motifs is 7. The van der Waals surface area contributed by atoms with E-state index in [4.69, 9.17) is 18.9 Å². The van der Waals surface area contributed by atoms with Gasteiger partial charge in [-0.25, -0.2) is 0 Å². The summed E-state index contributed by atoms with van der Waals surface area (Å²) in [5.41, 5.74) is -0.924. The van der Waals surface area contributed by atoms with Crippen LogP contribution in [0.1, 0.15) is 106 Å². The lowest BCUT2D eigenvalue weighted by Gasteiger charge is -2.71. The first-order valence-electron chi connectivity index (χ1n) is 20.3. The molecule has 6 fully saturated rings. The van der Waals surface area contributed by atoms with Gasteiger partial charge in [0, 0.05) is 0 Å². The molecule has 2 aliphatic heterocycles. The first-order chi connectivity index (χ1) is 25.0. The van der Waals surface area contributed by atoms with Crippen LogP contribution in [0.15, 0.2) is 11.6 Å². The Morgan fingerprint density at radius 1 is 0.796 bits per heavy atom. The molecule has 0 aromatic rings. The van der Waals surface area contributed by atoms with Crippen LogP contribution < -0.4 is 0 Å². The van der Waals surface area contributed by atoms with Gasteiger partial charge in [-0.2, -0.15) is 0 Å². The lowest BCUT2D eigenvalue weighted by Crippen LogP contribution is -2.68. The molecule has 18 atom stereocenters. The van der Waals surface area contributed by atoms with Crippen molar-refractivity contribution in [3.63, 3.8) is 0 Å². The van der Waals surface area contributed by atoms with E-state index < -0.39 is 72.8 Å². The van der Waals surface area contributed by atoms with E-state index >= 15 is 0 Å². The average Bonchev–Trinajstić information content (AvgIpc) is 3.08. The van der Waals surface area contributed by atoms with Gasteiger partial charge in [-0.1, -0.05) is 60.1 Å². The van der Waals surface area contributed by atoms with Gasteiger partial charge in [-0.3, -0.25) is 4.79 Å². The van der Waals surface area contributed by atoms with Crippen molar-refractivity contribution in [1.29, 1.82) is 0 Å². The smallest absolute Gasteiger partial charge is 0.312 e. The molecule has 1 unspecified atom stereocenters. The molecule has 0 radical (unpaired) electrons. The van der Waals surface area contributed by atoms with E-state index in [0.29, 0.717) is 19.3 Å². The number of rotatable bonds is 6. The van der Waals surface area contributed by atoms with Gasteiger partial charge in [0.05, 0.1) is 25.4 Å². The summed E-state index contributed by atoms with van der Waals surface area (Å²) < 4.78 is 23.6. The summed E-state index contributed by atoms with van der Waals surface area (Å²) in [4.78, 5) is 13.1. The second-order valence-electron chi connectivity index (χ2n) is 20.4. The number of allylic oxidation sites excluding steroid dienone is 2. The molecule has 54 heavy (non-hydrogen) atoms. The molecule has 13 heteroatoms. The summed E-state index contributed by atoms with van der Waals surface area (Å²) in [6.45, 7) is 15.4. The number of carboxylic acid groups (broad SMARTS) is 1. The summed E-state index contributed by atoms with van der Waals surface area (Å²) in [7, 11) is 0. The van der Waals surface area contributed by atoms with Crippen molar-refractivity contribution in [2.75, 3.05) is 13.2 Å².